The van der Waals surface area contributed by atoms with Crippen molar-refractivity contribution in [3.05, 3.63) is 0 Å². The van der Waals surface area contributed by atoms with Crippen molar-refractivity contribution in [1.29, 1.82) is 0 Å². The van der Waals surface area contributed by atoms with E-state index in [-0.39, 0.29) is 47.3 Å². The van der Waals surface area contributed by atoms with Gasteiger partial charge in [-0.2, -0.15) is 0 Å². The zero-order valence-corrected chi connectivity index (χ0v) is 31.9. The van der Waals surface area contributed by atoms with Gasteiger partial charge in [-0.05, 0) is 96.6 Å². The molecule has 0 amide bonds. The van der Waals surface area contributed by atoms with Crippen molar-refractivity contribution in [2.45, 2.75) is 168 Å². The van der Waals surface area contributed by atoms with Crippen molar-refractivity contribution in [2.24, 2.45) is 46.3 Å². The Morgan fingerprint density at radius 1 is 0.867 bits per heavy atom. The predicted molar refractivity (Wildman–Crippen MR) is 184 cm³/mol. The number of aliphatic hydroxyl groups excluding tert-OH is 1. The summed E-state index contributed by atoms with van der Waals surface area (Å²) in [7, 11) is -0.219. The minimum absolute atomic E-state index is 0.0123. The molecule has 0 aromatic rings. The van der Waals surface area contributed by atoms with Gasteiger partial charge in [0.2, 0.25) is 0 Å². The molecule has 7 heteroatoms. The van der Waals surface area contributed by atoms with E-state index >= 15 is 0 Å². The number of fused-ring (bicyclic) bond motifs is 5. The molecule has 5 unspecified atom stereocenters. The SMILES string of the molecule is COCOC1CC[C@@]2(C)C(C1)C(O)C(=O)C1(O)[C@@H]3CC[C@H]([C@H](C)CCCC(C)CO[Si](C(C)C)(C(C)C)C(C)C)[C@@]3(C)CC[C@@H]12. The van der Waals surface area contributed by atoms with Gasteiger partial charge in [-0.25, -0.2) is 0 Å². The Kier molecular flexibility index (Phi) is 11.9. The second-order valence-corrected chi connectivity index (χ2v) is 23.2. The maximum Gasteiger partial charge on any atom is 0.200 e. The molecule has 0 radical (unpaired) electrons. The number of hydrogen-bond acceptors (Lipinski definition) is 6. The molecule has 4 rings (SSSR count). The topological polar surface area (TPSA) is 85.2 Å². The molecule has 0 bridgehead atoms. The van der Waals surface area contributed by atoms with Crippen molar-refractivity contribution < 1.29 is 28.9 Å². The fourth-order valence-electron chi connectivity index (χ4n) is 12.2. The molecule has 0 heterocycles. The van der Waals surface area contributed by atoms with E-state index in [1.54, 1.807) is 7.11 Å². The first kappa shape index (κ1) is 37.5. The lowest BCUT2D eigenvalue weighted by Gasteiger charge is -2.64. The summed E-state index contributed by atoms with van der Waals surface area (Å²) in [4.78, 5) is 14.1. The zero-order valence-electron chi connectivity index (χ0n) is 30.9. The minimum atomic E-state index is -1.84. The first-order valence-corrected chi connectivity index (χ1v) is 20.8. The summed E-state index contributed by atoms with van der Waals surface area (Å²) in [6.45, 7) is 24.7. The quantitative estimate of drug-likeness (QED) is 0.145. The van der Waals surface area contributed by atoms with Crippen molar-refractivity contribution in [1.82, 2.24) is 0 Å². The molecule has 0 aliphatic heterocycles. The van der Waals surface area contributed by atoms with E-state index in [9.17, 15) is 15.0 Å². The number of Topliss-reactive ketones (excluding diaryl/α,β-unsaturated/α-hetero) is 1. The van der Waals surface area contributed by atoms with Gasteiger partial charge in [-0.3, -0.25) is 4.79 Å². The van der Waals surface area contributed by atoms with Crippen LogP contribution >= 0.6 is 0 Å². The molecule has 4 fully saturated rings. The van der Waals surface area contributed by atoms with Gasteiger partial charge in [0, 0.05) is 31.5 Å². The Morgan fingerprint density at radius 2 is 1.47 bits per heavy atom. The molecule has 11 atom stereocenters. The van der Waals surface area contributed by atoms with Gasteiger partial charge in [0.05, 0.1) is 6.10 Å². The molecular weight excluding hydrogens is 580 g/mol. The van der Waals surface area contributed by atoms with Gasteiger partial charge in [-0.1, -0.05) is 82.1 Å². The Labute approximate surface area is 277 Å². The summed E-state index contributed by atoms with van der Waals surface area (Å²) in [5, 5.41) is 24.1. The maximum absolute atomic E-state index is 14.1. The molecule has 0 aromatic heterocycles. The van der Waals surface area contributed by atoms with Crippen LogP contribution in [0.25, 0.3) is 0 Å². The molecule has 262 valence electrons. The molecule has 4 saturated carbocycles. The highest BCUT2D eigenvalue weighted by molar-refractivity contribution is 6.77. The van der Waals surface area contributed by atoms with Gasteiger partial charge >= 0.3 is 0 Å². The lowest BCUT2D eigenvalue weighted by atomic mass is 9.41. The second kappa shape index (κ2) is 14.3. The number of ether oxygens (including phenoxy) is 2. The van der Waals surface area contributed by atoms with Crippen LogP contribution in [0.2, 0.25) is 16.6 Å². The van der Waals surface area contributed by atoms with E-state index in [0.717, 1.165) is 45.1 Å². The minimum Gasteiger partial charge on any atom is -0.416 e. The number of carbonyl (C=O) groups excluding carboxylic acids is 1. The Hall–Kier alpha value is -0.313. The molecule has 0 saturated heterocycles. The highest BCUT2D eigenvalue weighted by Gasteiger charge is 2.72. The lowest BCUT2D eigenvalue weighted by Crippen LogP contribution is -2.72. The van der Waals surface area contributed by atoms with Crippen molar-refractivity contribution in [3.63, 3.8) is 0 Å². The van der Waals surface area contributed by atoms with Crippen LogP contribution in [0.15, 0.2) is 0 Å². The van der Waals surface area contributed by atoms with E-state index < -0.39 is 20.0 Å². The van der Waals surface area contributed by atoms with Crippen LogP contribution in [0.1, 0.15) is 133 Å². The number of methoxy groups -OCH3 is 1. The highest BCUT2D eigenvalue weighted by Crippen LogP contribution is 2.69. The van der Waals surface area contributed by atoms with Gasteiger partial charge in [0.25, 0.3) is 0 Å². The summed E-state index contributed by atoms with van der Waals surface area (Å²) >= 11 is 0. The Morgan fingerprint density at radius 3 is 2.07 bits per heavy atom. The van der Waals surface area contributed by atoms with Crippen LogP contribution < -0.4 is 0 Å². The van der Waals surface area contributed by atoms with E-state index in [1.807, 2.05) is 0 Å². The number of ketones is 1. The van der Waals surface area contributed by atoms with Crippen LogP contribution in [0.4, 0.5) is 0 Å². The summed E-state index contributed by atoms with van der Waals surface area (Å²) in [6, 6.07) is 0. The van der Waals surface area contributed by atoms with E-state index in [2.05, 4.69) is 69.2 Å². The molecule has 45 heavy (non-hydrogen) atoms. The van der Waals surface area contributed by atoms with Crippen molar-refractivity contribution in [2.75, 3.05) is 20.5 Å². The van der Waals surface area contributed by atoms with Gasteiger partial charge in [0.15, 0.2) is 14.1 Å². The Bertz CT molecular complexity index is 979. The average Bonchev–Trinajstić information content (AvgIpc) is 3.33. The fourth-order valence-corrected chi connectivity index (χ4v) is 17.8. The summed E-state index contributed by atoms with van der Waals surface area (Å²) in [5.41, 5.74) is 0.0640. The standard InChI is InChI=1S/C38H70O6Si/c1-24(2)45(25(3)4,26(5)6)44-22-27(7)13-12-14-28(8)30-15-16-32-36(30,9)20-18-33-37(10)19-17-29(43-23-42-11)21-31(37)34(39)35(40)38(32,33)41/h24-34,39,41H,12-23H2,1-11H3/t27?,28-,29?,30-,31?,32-,33-,34?,36-,37+,38?/m1/s1. The predicted octanol–water partition coefficient (Wildman–Crippen LogP) is 8.53. The molecule has 0 aromatic carbocycles. The Balaban J connectivity index is 1.39. The maximum atomic E-state index is 14.1. The van der Waals surface area contributed by atoms with Crippen molar-refractivity contribution in [3.8, 4) is 0 Å². The number of rotatable bonds is 14. The second-order valence-electron chi connectivity index (χ2n) is 17.7. The van der Waals surface area contributed by atoms with Gasteiger partial charge < -0.3 is 24.1 Å². The smallest absolute Gasteiger partial charge is 0.200 e. The van der Waals surface area contributed by atoms with Gasteiger partial charge in [-0.15, -0.1) is 0 Å². The summed E-state index contributed by atoms with van der Waals surface area (Å²) < 4.78 is 17.9. The lowest BCUT2D eigenvalue weighted by molar-refractivity contribution is -0.240. The van der Waals surface area contributed by atoms with Crippen LogP contribution in [-0.2, 0) is 18.7 Å². The first-order valence-electron chi connectivity index (χ1n) is 18.7. The summed E-state index contributed by atoms with van der Waals surface area (Å²) in [5.74, 6) is 0.941. The largest absolute Gasteiger partial charge is 0.416 e. The fraction of sp³-hybridized carbons (Fsp3) is 0.974. The summed E-state index contributed by atoms with van der Waals surface area (Å²) in [6.07, 6.45) is 8.69. The zero-order chi connectivity index (χ0) is 33.5. The van der Waals surface area contributed by atoms with Crippen molar-refractivity contribution >= 4 is 14.1 Å². The highest BCUT2D eigenvalue weighted by atomic mass is 28.4. The van der Waals surface area contributed by atoms with E-state index in [1.165, 1.54) is 19.3 Å². The van der Waals surface area contributed by atoms with Crippen LogP contribution in [-0.4, -0.2) is 62.6 Å². The van der Waals surface area contributed by atoms with Crippen LogP contribution in [0.5, 0.6) is 0 Å². The third kappa shape index (κ3) is 6.43. The number of carbonyl (C=O) groups is 1. The third-order valence-corrected chi connectivity index (χ3v) is 20.5. The number of hydrogen-bond donors (Lipinski definition) is 2. The first-order chi connectivity index (χ1) is 21.0. The average molecular weight is 651 g/mol. The monoisotopic (exact) mass is 650 g/mol. The third-order valence-electron chi connectivity index (χ3n) is 14.4. The molecule has 6 nitrogen and oxygen atoms in total. The van der Waals surface area contributed by atoms with Crippen LogP contribution in [0.3, 0.4) is 0 Å². The molecular formula is C38H70O6Si. The molecule has 4 aliphatic rings. The van der Waals surface area contributed by atoms with E-state index in [4.69, 9.17) is 13.9 Å². The molecule has 2 N–H and O–H groups in total. The number of aliphatic hydroxyl groups is 2. The molecule has 0 spiro atoms. The van der Waals surface area contributed by atoms with E-state index in [0.29, 0.717) is 40.8 Å². The van der Waals surface area contributed by atoms with Crippen LogP contribution in [0, 0.1) is 46.3 Å². The normalized spacial score (nSPS) is 40.0. The molecule has 4 aliphatic carbocycles. The van der Waals surface area contributed by atoms with Gasteiger partial charge in [0.1, 0.15) is 18.5 Å².